The van der Waals surface area contributed by atoms with E-state index in [4.69, 9.17) is 16.6 Å². The van der Waals surface area contributed by atoms with Crippen molar-refractivity contribution in [3.8, 4) is 0 Å². The van der Waals surface area contributed by atoms with Gasteiger partial charge >= 0.3 is 5.97 Å². The van der Waals surface area contributed by atoms with E-state index in [1.165, 1.54) is 43.1 Å². The lowest BCUT2D eigenvalue weighted by Gasteiger charge is -2.05. The molecule has 2 aliphatic rings. The summed E-state index contributed by atoms with van der Waals surface area (Å²) in [5.41, 5.74) is 17.2. The van der Waals surface area contributed by atoms with E-state index in [9.17, 15) is 4.79 Å². The number of aryl methyl sites for hydroxylation is 1. The second-order valence-corrected chi connectivity index (χ2v) is 7.68. The minimum absolute atomic E-state index is 0.0311. The number of hydrogen-bond acceptors (Lipinski definition) is 5. The molecule has 8 heteroatoms. The standard InChI is InChI=1S/C19H26N6O2/c20-13(3-1-2-8-25-10-15(19(26)27)23-24-25)9-14-16(11-4-5-11)17(12-6-7-12)22-18(14)21/h9-12,22H,1-8,20-21H2,(H,26,27)/b13-9-. The SMILES string of the molecule is N/C(=C\c1c(N)[nH]c(C2CC2)c1C1CC1)CCCCn1cc(C(=O)O)nn1. The molecular weight excluding hydrogens is 344 g/mol. The maximum absolute atomic E-state index is 10.8. The molecule has 0 aliphatic heterocycles. The topological polar surface area (TPSA) is 136 Å². The predicted molar refractivity (Wildman–Crippen MR) is 102 cm³/mol. The van der Waals surface area contributed by atoms with Crippen LogP contribution in [0.2, 0.25) is 0 Å². The first kappa shape index (κ1) is 17.6. The molecule has 0 bridgehead atoms. The van der Waals surface area contributed by atoms with Gasteiger partial charge in [-0.3, -0.25) is 4.68 Å². The Morgan fingerprint density at radius 3 is 2.67 bits per heavy atom. The Balaban J connectivity index is 1.35. The zero-order valence-electron chi connectivity index (χ0n) is 15.3. The van der Waals surface area contributed by atoms with E-state index in [0.29, 0.717) is 18.4 Å². The van der Waals surface area contributed by atoms with Crippen LogP contribution in [0, 0.1) is 0 Å². The zero-order valence-corrected chi connectivity index (χ0v) is 15.3. The van der Waals surface area contributed by atoms with Crippen molar-refractivity contribution in [2.24, 2.45) is 5.73 Å². The summed E-state index contributed by atoms with van der Waals surface area (Å²) in [6.45, 7) is 0.624. The monoisotopic (exact) mass is 370 g/mol. The minimum Gasteiger partial charge on any atom is -0.476 e. The predicted octanol–water partition coefficient (Wildman–Crippen LogP) is 2.81. The summed E-state index contributed by atoms with van der Waals surface area (Å²) >= 11 is 0. The van der Waals surface area contributed by atoms with Crippen LogP contribution in [0.5, 0.6) is 0 Å². The van der Waals surface area contributed by atoms with Gasteiger partial charge in [0.2, 0.25) is 0 Å². The lowest BCUT2D eigenvalue weighted by atomic mass is 10.0. The number of anilines is 1. The van der Waals surface area contributed by atoms with Gasteiger partial charge < -0.3 is 21.6 Å². The molecular formula is C19H26N6O2. The maximum atomic E-state index is 10.8. The minimum atomic E-state index is -1.06. The highest BCUT2D eigenvalue weighted by atomic mass is 16.4. The summed E-state index contributed by atoms with van der Waals surface area (Å²) < 4.78 is 1.56. The Morgan fingerprint density at radius 1 is 1.30 bits per heavy atom. The Labute approximate surface area is 157 Å². The lowest BCUT2D eigenvalue weighted by molar-refractivity contribution is 0.0690. The second-order valence-electron chi connectivity index (χ2n) is 7.68. The van der Waals surface area contributed by atoms with Gasteiger partial charge in [-0.1, -0.05) is 5.21 Å². The number of aromatic carboxylic acids is 1. The molecule has 2 heterocycles. The van der Waals surface area contributed by atoms with E-state index < -0.39 is 5.97 Å². The summed E-state index contributed by atoms with van der Waals surface area (Å²) in [4.78, 5) is 14.2. The van der Waals surface area contributed by atoms with Gasteiger partial charge in [0.05, 0.1) is 6.20 Å². The number of hydrogen-bond donors (Lipinski definition) is 4. The quantitative estimate of drug-likeness (QED) is 0.501. The first-order valence-corrected chi connectivity index (χ1v) is 9.63. The van der Waals surface area contributed by atoms with Crippen LogP contribution in [0.3, 0.4) is 0 Å². The third-order valence-corrected chi connectivity index (χ3v) is 5.30. The van der Waals surface area contributed by atoms with Crippen LogP contribution in [0.15, 0.2) is 11.9 Å². The largest absolute Gasteiger partial charge is 0.476 e. The van der Waals surface area contributed by atoms with Crippen LogP contribution >= 0.6 is 0 Å². The van der Waals surface area contributed by atoms with Gasteiger partial charge in [-0.25, -0.2) is 4.79 Å². The molecule has 0 aromatic carbocycles. The number of nitrogens with two attached hydrogens (primary N) is 2. The Kier molecular flexibility index (Phi) is 4.63. The van der Waals surface area contributed by atoms with Crippen molar-refractivity contribution in [1.29, 1.82) is 0 Å². The normalized spacial score (nSPS) is 17.4. The first-order chi connectivity index (χ1) is 13.0. The van der Waals surface area contributed by atoms with Crippen molar-refractivity contribution in [3.05, 3.63) is 34.4 Å². The number of carboxylic acids is 1. The molecule has 2 fully saturated rings. The summed E-state index contributed by atoms with van der Waals surface area (Å²) in [7, 11) is 0. The number of aromatic nitrogens is 4. The highest BCUT2D eigenvalue weighted by Gasteiger charge is 2.36. The molecule has 0 unspecified atom stereocenters. The molecule has 0 atom stereocenters. The van der Waals surface area contributed by atoms with E-state index in [2.05, 4.69) is 15.3 Å². The summed E-state index contributed by atoms with van der Waals surface area (Å²) in [6, 6.07) is 0. The number of unbranched alkanes of at least 4 members (excludes halogenated alkanes) is 1. The van der Waals surface area contributed by atoms with Crippen LogP contribution in [-0.2, 0) is 6.54 Å². The zero-order chi connectivity index (χ0) is 19.0. The third-order valence-electron chi connectivity index (χ3n) is 5.30. The van der Waals surface area contributed by atoms with Gasteiger partial charge in [-0.15, -0.1) is 5.10 Å². The van der Waals surface area contributed by atoms with Gasteiger partial charge in [0, 0.05) is 23.5 Å². The highest BCUT2D eigenvalue weighted by Crippen LogP contribution is 2.51. The number of nitrogens with zero attached hydrogens (tertiary/aromatic N) is 3. The molecule has 0 spiro atoms. The van der Waals surface area contributed by atoms with E-state index in [1.54, 1.807) is 4.68 Å². The number of nitrogens with one attached hydrogen (secondary N) is 1. The molecule has 2 aliphatic carbocycles. The van der Waals surface area contributed by atoms with Crippen molar-refractivity contribution in [2.45, 2.75) is 63.3 Å². The molecule has 144 valence electrons. The Bertz CT molecular complexity index is 873. The van der Waals surface area contributed by atoms with Crippen molar-refractivity contribution in [3.63, 3.8) is 0 Å². The van der Waals surface area contributed by atoms with Crippen molar-refractivity contribution < 1.29 is 9.90 Å². The summed E-state index contributed by atoms with van der Waals surface area (Å²) in [5, 5.41) is 16.3. The van der Waals surface area contributed by atoms with Crippen LogP contribution in [0.4, 0.5) is 5.82 Å². The molecule has 2 aromatic heterocycles. The van der Waals surface area contributed by atoms with Crippen molar-refractivity contribution in [1.82, 2.24) is 20.0 Å². The van der Waals surface area contributed by atoms with Crippen LogP contribution in [0.25, 0.3) is 6.08 Å². The number of H-pyrrole nitrogens is 1. The molecule has 8 nitrogen and oxygen atoms in total. The molecule has 0 saturated heterocycles. The molecule has 0 radical (unpaired) electrons. The van der Waals surface area contributed by atoms with Crippen LogP contribution < -0.4 is 11.5 Å². The fourth-order valence-corrected chi connectivity index (χ4v) is 3.60. The molecule has 27 heavy (non-hydrogen) atoms. The number of carboxylic acid groups (broad SMARTS) is 1. The van der Waals surface area contributed by atoms with Crippen molar-refractivity contribution >= 4 is 17.9 Å². The molecule has 2 aromatic rings. The number of aromatic amines is 1. The average Bonchev–Trinajstić information content (AvgIpc) is 3.55. The Morgan fingerprint density at radius 2 is 2.04 bits per heavy atom. The fraction of sp³-hybridized carbons (Fsp3) is 0.526. The van der Waals surface area contributed by atoms with E-state index >= 15 is 0 Å². The highest BCUT2D eigenvalue weighted by molar-refractivity contribution is 5.84. The average molecular weight is 370 g/mol. The van der Waals surface area contributed by atoms with Gasteiger partial charge in [0.15, 0.2) is 5.69 Å². The van der Waals surface area contributed by atoms with Crippen molar-refractivity contribution in [2.75, 3.05) is 5.73 Å². The van der Waals surface area contributed by atoms with E-state index in [1.807, 2.05) is 6.08 Å². The molecule has 2 saturated carbocycles. The number of nitrogen functional groups attached to an aromatic ring is 1. The van der Waals surface area contributed by atoms with Gasteiger partial charge in [-0.05, 0) is 68.4 Å². The number of allylic oxidation sites excluding steroid dienone is 1. The molecule has 0 amide bonds. The van der Waals surface area contributed by atoms with E-state index in [0.717, 1.165) is 36.3 Å². The van der Waals surface area contributed by atoms with Crippen LogP contribution in [-0.4, -0.2) is 31.1 Å². The van der Waals surface area contributed by atoms with Crippen LogP contribution in [0.1, 0.15) is 84.1 Å². The number of carbonyl (C=O) groups is 1. The summed E-state index contributed by atoms with van der Waals surface area (Å²) in [6.07, 6.45) is 11.0. The number of rotatable bonds is 9. The fourth-order valence-electron chi connectivity index (χ4n) is 3.60. The molecule has 6 N–H and O–H groups in total. The first-order valence-electron chi connectivity index (χ1n) is 9.63. The van der Waals surface area contributed by atoms with E-state index in [-0.39, 0.29) is 5.69 Å². The second kappa shape index (κ2) is 7.09. The smallest absolute Gasteiger partial charge is 0.358 e. The molecule has 4 rings (SSSR count). The third kappa shape index (κ3) is 3.99. The van der Waals surface area contributed by atoms with Gasteiger partial charge in [0.1, 0.15) is 5.82 Å². The lowest BCUT2D eigenvalue weighted by Crippen LogP contribution is -2.02. The van der Waals surface area contributed by atoms with Gasteiger partial charge in [0.25, 0.3) is 0 Å². The van der Waals surface area contributed by atoms with Gasteiger partial charge in [-0.2, -0.15) is 0 Å². The Hall–Kier alpha value is -2.77. The maximum Gasteiger partial charge on any atom is 0.358 e. The summed E-state index contributed by atoms with van der Waals surface area (Å²) in [5.74, 6) is 0.980.